The molecular formula is C18H14BrF2N. The van der Waals surface area contributed by atoms with Gasteiger partial charge in [0.1, 0.15) is 11.6 Å². The summed E-state index contributed by atoms with van der Waals surface area (Å²) in [5.41, 5.74) is 2.54. The Kier molecular flexibility index (Phi) is 3.30. The van der Waals surface area contributed by atoms with Crippen LogP contribution in [0.3, 0.4) is 0 Å². The third-order valence-electron chi connectivity index (χ3n) is 4.61. The van der Waals surface area contributed by atoms with Crippen LogP contribution in [0.1, 0.15) is 29.5 Å². The Labute approximate surface area is 136 Å². The molecule has 1 nitrogen and oxygen atoms in total. The van der Waals surface area contributed by atoms with Crippen LogP contribution >= 0.6 is 15.9 Å². The minimum Gasteiger partial charge on any atom is -0.375 e. The van der Waals surface area contributed by atoms with Gasteiger partial charge in [-0.15, -0.1) is 0 Å². The number of anilines is 1. The number of hydrogen-bond acceptors (Lipinski definition) is 1. The van der Waals surface area contributed by atoms with Crippen LogP contribution in [0.5, 0.6) is 0 Å². The molecule has 0 saturated carbocycles. The van der Waals surface area contributed by atoms with E-state index in [1.165, 1.54) is 18.2 Å². The van der Waals surface area contributed by atoms with Gasteiger partial charge in [-0.1, -0.05) is 40.2 Å². The molecule has 0 amide bonds. The minimum atomic E-state index is -0.254. The molecule has 2 aliphatic rings. The Morgan fingerprint density at radius 3 is 2.64 bits per heavy atom. The molecule has 112 valence electrons. The monoisotopic (exact) mass is 361 g/mol. The summed E-state index contributed by atoms with van der Waals surface area (Å²) in [6.07, 6.45) is 5.25. The van der Waals surface area contributed by atoms with Gasteiger partial charge in [0.15, 0.2) is 0 Å². The predicted molar refractivity (Wildman–Crippen MR) is 86.9 cm³/mol. The summed E-state index contributed by atoms with van der Waals surface area (Å²) >= 11 is 3.37. The molecule has 0 aromatic heterocycles. The SMILES string of the molecule is Fc1ccc([C@@H]2Nc3c(F)cc(Br)cc3[C@@H]3C=CC[C@@H]32)cc1. The lowest BCUT2D eigenvalue weighted by Crippen LogP contribution is -2.29. The number of nitrogens with one attached hydrogen (secondary N) is 1. The first-order chi connectivity index (χ1) is 10.6. The minimum absolute atomic E-state index is 0.0104. The van der Waals surface area contributed by atoms with E-state index in [9.17, 15) is 8.78 Å². The van der Waals surface area contributed by atoms with Crippen LogP contribution in [0.15, 0.2) is 53.0 Å². The maximum absolute atomic E-state index is 14.4. The van der Waals surface area contributed by atoms with Crippen molar-refractivity contribution in [3.8, 4) is 0 Å². The van der Waals surface area contributed by atoms with E-state index < -0.39 is 0 Å². The number of rotatable bonds is 1. The van der Waals surface area contributed by atoms with Gasteiger partial charge in [0.25, 0.3) is 0 Å². The van der Waals surface area contributed by atoms with Gasteiger partial charge in [-0.3, -0.25) is 0 Å². The highest BCUT2D eigenvalue weighted by Gasteiger charge is 2.39. The highest BCUT2D eigenvalue weighted by molar-refractivity contribution is 9.10. The Balaban J connectivity index is 1.82. The lowest BCUT2D eigenvalue weighted by Gasteiger charge is -2.37. The van der Waals surface area contributed by atoms with Crippen molar-refractivity contribution in [2.45, 2.75) is 18.4 Å². The standard InChI is InChI=1S/C18H14BrF2N/c19-11-8-15-13-2-1-3-14(13)17(22-18(15)16(21)9-11)10-4-6-12(20)7-5-10/h1-2,4-9,13-14,17,22H,3H2/t13-,14+,17+/m1/s1. The van der Waals surface area contributed by atoms with Crippen molar-refractivity contribution in [1.29, 1.82) is 0 Å². The largest absolute Gasteiger partial charge is 0.375 e. The molecule has 4 heteroatoms. The van der Waals surface area contributed by atoms with Crippen molar-refractivity contribution >= 4 is 21.6 Å². The summed E-state index contributed by atoms with van der Waals surface area (Å²) in [6.45, 7) is 0. The second-order valence-electron chi connectivity index (χ2n) is 5.88. The molecule has 2 aromatic rings. The maximum Gasteiger partial charge on any atom is 0.147 e. The number of hydrogen-bond donors (Lipinski definition) is 1. The van der Waals surface area contributed by atoms with Gasteiger partial charge in [0, 0.05) is 10.4 Å². The summed E-state index contributed by atoms with van der Waals surface area (Å²) in [5.74, 6) is 0.0105. The normalized spacial score (nSPS) is 25.5. The van der Waals surface area contributed by atoms with Crippen molar-refractivity contribution < 1.29 is 8.78 Å². The molecule has 1 heterocycles. The van der Waals surface area contributed by atoms with Gasteiger partial charge in [0.05, 0.1) is 11.7 Å². The average Bonchev–Trinajstić information content (AvgIpc) is 2.97. The third-order valence-corrected chi connectivity index (χ3v) is 5.07. The molecule has 0 bridgehead atoms. The first-order valence-electron chi connectivity index (χ1n) is 7.31. The highest BCUT2D eigenvalue weighted by Crippen LogP contribution is 2.50. The maximum atomic E-state index is 14.4. The molecule has 1 aliphatic heterocycles. The van der Waals surface area contributed by atoms with E-state index >= 15 is 0 Å². The van der Waals surface area contributed by atoms with Gasteiger partial charge in [-0.05, 0) is 47.7 Å². The van der Waals surface area contributed by atoms with Gasteiger partial charge >= 0.3 is 0 Å². The van der Waals surface area contributed by atoms with E-state index in [0.717, 1.165) is 22.0 Å². The number of fused-ring (bicyclic) bond motifs is 3. The third kappa shape index (κ3) is 2.17. The van der Waals surface area contributed by atoms with Crippen molar-refractivity contribution in [3.63, 3.8) is 0 Å². The highest BCUT2D eigenvalue weighted by atomic mass is 79.9. The van der Waals surface area contributed by atoms with Crippen LogP contribution in [0.25, 0.3) is 0 Å². The number of allylic oxidation sites excluding steroid dienone is 2. The fourth-order valence-electron chi connectivity index (χ4n) is 3.62. The molecule has 0 unspecified atom stereocenters. The summed E-state index contributed by atoms with van der Waals surface area (Å²) < 4.78 is 28.3. The van der Waals surface area contributed by atoms with E-state index in [1.807, 2.05) is 6.07 Å². The van der Waals surface area contributed by atoms with Crippen LogP contribution in [-0.2, 0) is 0 Å². The number of halogens is 3. The van der Waals surface area contributed by atoms with Crippen LogP contribution < -0.4 is 5.32 Å². The summed E-state index contributed by atoms with van der Waals surface area (Å²) in [6, 6.07) is 9.94. The second-order valence-corrected chi connectivity index (χ2v) is 6.79. The average molecular weight is 362 g/mol. The van der Waals surface area contributed by atoms with E-state index in [-0.39, 0.29) is 23.6 Å². The van der Waals surface area contributed by atoms with Crippen molar-refractivity contribution in [3.05, 3.63) is 75.8 Å². The molecule has 2 aromatic carbocycles. The number of benzene rings is 2. The van der Waals surface area contributed by atoms with Crippen LogP contribution in [0.4, 0.5) is 14.5 Å². The molecule has 1 aliphatic carbocycles. The molecule has 0 fully saturated rings. The Morgan fingerprint density at radius 1 is 1.09 bits per heavy atom. The van der Waals surface area contributed by atoms with Crippen molar-refractivity contribution in [2.75, 3.05) is 5.32 Å². The van der Waals surface area contributed by atoms with Crippen molar-refractivity contribution in [1.82, 2.24) is 0 Å². The Morgan fingerprint density at radius 2 is 1.86 bits per heavy atom. The molecule has 0 saturated heterocycles. The quantitative estimate of drug-likeness (QED) is 0.656. The molecule has 22 heavy (non-hydrogen) atoms. The van der Waals surface area contributed by atoms with Crippen molar-refractivity contribution in [2.24, 2.45) is 5.92 Å². The Hall–Kier alpha value is -1.68. The first kappa shape index (κ1) is 13.9. The van der Waals surface area contributed by atoms with Crippen LogP contribution in [-0.4, -0.2) is 0 Å². The fraction of sp³-hybridized carbons (Fsp3) is 0.222. The van der Waals surface area contributed by atoms with Gasteiger partial charge < -0.3 is 5.32 Å². The van der Waals surface area contributed by atoms with E-state index in [0.29, 0.717) is 11.6 Å². The van der Waals surface area contributed by atoms with E-state index in [4.69, 9.17) is 0 Å². The van der Waals surface area contributed by atoms with Gasteiger partial charge in [-0.25, -0.2) is 8.78 Å². The second kappa shape index (κ2) is 5.20. The van der Waals surface area contributed by atoms with Gasteiger partial charge in [-0.2, -0.15) is 0 Å². The van der Waals surface area contributed by atoms with Gasteiger partial charge in [0.2, 0.25) is 0 Å². The molecule has 1 N–H and O–H groups in total. The molecule has 4 rings (SSSR count). The molecule has 0 spiro atoms. The topological polar surface area (TPSA) is 12.0 Å². The zero-order chi connectivity index (χ0) is 15.3. The molecule has 3 atom stereocenters. The van der Waals surface area contributed by atoms with E-state index in [1.54, 1.807) is 12.1 Å². The van der Waals surface area contributed by atoms with Crippen LogP contribution in [0, 0.1) is 17.6 Å². The predicted octanol–water partition coefficient (Wildman–Crippen LogP) is 5.55. The summed E-state index contributed by atoms with van der Waals surface area (Å²) in [4.78, 5) is 0. The smallest absolute Gasteiger partial charge is 0.147 e. The lowest BCUT2D eigenvalue weighted by molar-refractivity contribution is 0.420. The first-order valence-corrected chi connectivity index (χ1v) is 8.10. The molecule has 0 radical (unpaired) electrons. The lowest BCUT2D eigenvalue weighted by atomic mass is 9.77. The summed E-state index contributed by atoms with van der Waals surface area (Å²) in [5, 5.41) is 3.34. The fourth-order valence-corrected chi connectivity index (χ4v) is 4.07. The zero-order valence-corrected chi connectivity index (χ0v) is 13.3. The molecular weight excluding hydrogens is 348 g/mol. The zero-order valence-electron chi connectivity index (χ0n) is 11.7. The van der Waals surface area contributed by atoms with Crippen LogP contribution in [0.2, 0.25) is 0 Å². The summed E-state index contributed by atoms with van der Waals surface area (Å²) in [7, 11) is 0. The Bertz CT molecular complexity index is 754. The van der Waals surface area contributed by atoms with E-state index in [2.05, 4.69) is 33.4 Å².